The molecular formula is C21H27ClN2O2. The lowest BCUT2D eigenvalue weighted by atomic mass is 9.95. The van der Waals surface area contributed by atoms with Gasteiger partial charge in [-0.25, -0.2) is 0 Å². The third-order valence-corrected chi connectivity index (χ3v) is 5.56. The van der Waals surface area contributed by atoms with Crippen molar-refractivity contribution in [2.75, 3.05) is 19.0 Å². The van der Waals surface area contributed by atoms with Gasteiger partial charge in [0.1, 0.15) is 5.75 Å². The molecule has 0 unspecified atom stereocenters. The molecule has 1 aliphatic rings. The normalized spacial score (nSPS) is 15.1. The molecule has 4 nitrogen and oxygen atoms in total. The van der Waals surface area contributed by atoms with E-state index in [1.807, 2.05) is 6.07 Å². The molecule has 1 aromatic heterocycles. The summed E-state index contributed by atoms with van der Waals surface area (Å²) in [6.45, 7) is 4.38. The molecule has 140 valence electrons. The van der Waals surface area contributed by atoms with E-state index >= 15 is 0 Å². The molecule has 0 radical (unpaired) electrons. The monoisotopic (exact) mass is 374 g/mol. The Bertz CT molecular complexity index is 792. The smallest absolute Gasteiger partial charge is 0.183 e. The van der Waals surface area contributed by atoms with Crippen LogP contribution in [0.15, 0.2) is 24.3 Å². The van der Waals surface area contributed by atoms with Crippen LogP contribution in [0.4, 0.5) is 5.69 Å². The topological polar surface area (TPSA) is 43.3 Å². The molecule has 1 aromatic carbocycles. The summed E-state index contributed by atoms with van der Waals surface area (Å²) >= 11 is 6.06. The molecule has 2 aromatic rings. The molecule has 1 aliphatic carbocycles. The highest BCUT2D eigenvalue weighted by Crippen LogP contribution is 2.32. The van der Waals surface area contributed by atoms with Crippen LogP contribution in [0.2, 0.25) is 5.02 Å². The summed E-state index contributed by atoms with van der Waals surface area (Å²) in [6.07, 6.45) is 6.30. The third-order valence-electron chi connectivity index (χ3n) is 5.33. The van der Waals surface area contributed by atoms with E-state index in [4.69, 9.17) is 16.3 Å². The standard InChI is InChI=1S/C21H27ClN2O2/c1-14-11-18(15(2)24(14)17-7-5-4-6-8-17)20(25)13-23-19-12-16(22)9-10-21(19)26-3/h9-12,17,23H,4-8,13H2,1-3H3. The van der Waals surface area contributed by atoms with E-state index < -0.39 is 0 Å². The van der Waals surface area contributed by atoms with Gasteiger partial charge in [-0.1, -0.05) is 30.9 Å². The van der Waals surface area contributed by atoms with Crippen LogP contribution < -0.4 is 10.1 Å². The molecule has 0 bridgehead atoms. The molecule has 0 saturated heterocycles. The van der Waals surface area contributed by atoms with Crippen molar-refractivity contribution in [3.05, 3.63) is 46.2 Å². The van der Waals surface area contributed by atoms with Crippen LogP contribution in [0, 0.1) is 13.8 Å². The minimum atomic E-state index is 0.0854. The van der Waals surface area contributed by atoms with Gasteiger partial charge in [-0.05, 0) is 51.0 Å². The Balaban J connectivity index is 1.75. The van der Waals surface area contributed by atoms with E-state index in [0.717, 1.165) is 16.9 Å². The number of ketones is 1. The van der Waals surface area contributed by atoms with E-state index in [1.165, 1.54) is 37.8 Å². The zero-order chi connectivity index (χ0) is 18.7. The lowest BCUT2D eigenvalue weighted by Crippen LogP contribution is -2.18. The number of nitrogens with one attached hydrogen (secondary N) is 1. The Labute approximate surface area is 160 Å². The number of carbonyl (C=O) groups excluding carboxylic acids is 1. The van der Waals surface area contributed by atoms with Gasteiger partial charge in [-0.3, -0.25) is 4.79 Å². The Kier molecular flexibility index (Phi) is 5.92. The summed E-state index contributed by atoms with van der Waals surface area (Å²) in [7, 11) is 1.61. The van der Waals surface area contributed by atoms with Gasteiger partial charge in [-0.2, -0.15) is 0 Å². The first-order valence-electron chi connectivity index (χ1n) is 9.30. The molecule has 1 N–H and O–H groups in total. The largest absolute Gasteiger partial charge is 0.495 e. The average Bonchev–Trinajstić information content (AvgIpc) is 2.95. The summed E-state index contributed by atoms with van der Waals surface area (Å²) in [4.78, 5) is 12.8. The van der Waals surface area contributed by atoms with Gasteiger partial charge in [-0.15, -0.1) is 0 Å². The molecule has 1 fully saturated rings. The zero-order valence-corrected chi connectivity index (χ0v) is 16.5. The molecule has 0 atom stereocenters. The fourth-order valence-electron chi connectivity index (χ4n) is 4.05. The van der Waals surface area contributed by atoms with Crippen molar-refractivity contribution in [1.29, 1.82) is 0 Å². The predicted octanol–water partition coefficient (Wildman–Crippen LogP) is 5.57. The number of carbonyl (C=O) groups is 1. The van der Waals surface area contributed by atoms with Crippen molar-refractivity contribution in [3.8, 4) is 5.75 Å². The summed E-state index contributed by atoms with van der Waals surface area (Å²) in [5.41, 5.74) is 3.80. The summed E-state index contributed by atoms with van der Waals surface area (Å²) in [5, 5.41) is 3.78. The SMILES string of the molecule is COc1ccc(Cl)cc1NCC(=O)c1cc(C)n(C2CCCCC2)c1C. The van der Waals surface area contributed by atoms with E-state index in [0.29, 0.717) is 16.8 Å². The molecule has 26 heavy (non-hydrogen) atoms. The summed E-state index contributed by atoms with van der Waals surface area (Å²) < 4.78 is 7.70. The number of Topliss-reactive ketones (excluding diaryl/α,β-unsaturated/α-hetero) is 1. The number of anilines is 1. The summed E-state index contributed by atoms with van der Waals surface area (Å²) in [6, 6.07) is 7.91. The van der Waals surface area contributed by atoms with Gasteiger partial charge in [0.15, 0.2) is 5.78 Å². The molecule has 1 heterocycles. The predicted molar refractivity (Wildman–Crippen MR) is 107 cm³/mol. The van der Waals surface area contributed by atoms with Crippen LogP contribution in [-0.2, 0) is 0 Å². The molecule has 0 amide bonds. The number of hydrogen-bond acceptors (Lipinski definition) is 3. The van der Waals surface area contributed by atoms with Crippen LogP contribution in [-0.4, -0.2) is 24.0 Å². The van der Waals surface area contributed by atoms with E-state index in [1.54, 1.807) is 25.3 Å². The minimum Gasteiger partial charge on any atom is -0.495 e. The second-order valence-electron chi connectivity index (χ2n) is 7.07. The lowest BCUT2D eigenvalue weighted by molar-refractivity contribution is 0.100. The number of aromatic nitrogens is 1. The van der Waals surface area contributed by atoms with E-state index in [2.05, 4.69) is 23.7 Å². The van der Waals surface area contributed by atoms with E-state index in [-0.39, 0.29) is 12.3 Å². The maximum Gasteiger partial charge on any atom is 0.183 e. The fraction of sp³-hybridized carbons (Fsp3) is 0.476. The van der Waals surface area contributed by atoms with Crippen molar-refractivity contribution in [1.82, 2.24) is 4.57 Å². The number of aryl methyl sites for hydroxylation is 1. The second kappa shape index (κ2) is 8.17. The van der Waals surface area contributed by atoms with Crippen LogP contribution >= 0.6 is 11.6 Å². The maximum absolute atomic E-state index is 12.8. The molecule has 0 spiro atoms. The number of ether oxygens (including phenoxy) is 1. The number of methoxy groups -OCH3 is 1. The van der Waals surface area contributed by atoms with Gasteiger partial charge in [0.25, 0.3) is 0 Å². The van der Waals surface area contributed by atoms with Crippen molar-refractivity contribution >= 4 is 23.1 Å². The van der Waals surface area contributed by atoms with Gasteiger partial charge >= 0.3 is 0 Å². The average molecular weight is 375 g/mol. The lowest BCUT2D eigenvalue weighted by Gasteiger charge is -2.26. The van der Waals surface area contributed by atoms with Crippen LogP contribution in [0.25, 0.3) is 0 Å². The Morgan fingerprint density at radius 3 is 2.65 bits per heavy atom. The number of halogens is 1. The minimum absolute atomic E-state index is 0.0854. The maximum atomic E-state index is 12.8. The molecule has 1 saturated carbocycles. The van der Waals surface area contributed by atoms with Crippen molar-refractivity contribution in [2.24, 2.45) is 0 Å². The highest BCUT2D eigenvalue weighted by atomic mass is 35.5. The van der Waals surface area contributed by atoms with Gasteiger partial charge in [0.05, 0.1) is 19.3 Å². The molecule has 5 heteroatoms. The molecular weight excluding hydrogens is 348 g/mol. The Hall–Kier alpha value is -1.94. The Morgan fingerprint density at radius 2 is 1.96 bits per heavy atom. The number of benzene rings is 1. The van der Waals surface area contributed by atoms with Gasteiger partial charge in [0.2, 0.25) is 0 Å². The summed E-state index contributed by atoms with van der Waals surface area (Å²) in [5.74, 6) is 0.761. The van der Waals surface area contributed by atoms with Crippen LogP contribution in [0.5, 0.6) is 5.75 Å². The molecule has 3 rings (SSSR count). The molecule has 0 aliphatic heterocycles. The van der Waals surface area contributed by atoms with Gasteiger partial charge in [0, 0.05) is 28.0 Å². The van der Waals surface area contributed by atoms with Crippen LogP contribution in [0.1, 0.15) is 59.9 Å². The van der Waals surface area contributed by atoms with Crippen molar-refractivity contribution < 1.29 is 9.53 Å². The first-order valence-corrected chi connectivity index (χ1v) is 9.68. The zero-order valence-electron chi connectivity index (χ0n) is 15.8. The van der Waals surface area contributed by atoms with E-state index in [9.17, 15) is 4.79 Å². The van der Waals surface area contributed by atoms with Crippen LogP contribution in [0.3, 0.4) is 0 Å². The third kappa shape index (κ3) is 3.90. The van der Waals surface area contributed by atoms with Crippen molar-refractivity contribution in [2.45, 2.75) is 52.0 Å². The number of rotatable bonds is 6. The fourth-order valence-corrected chi connectivity index (χ4v) is 4.22. The second-order valence-corrected chi connectivity index (χ2v) is 7.50. The highest BCUT2D eigenvalue weighted by molar-refractivity contribution is 6.31. The Morgan fingerprint density at radius 1 is 1.23 bits per heavy atom. The first-order chi connectivity index (χ1) is 12.5. The first kappa shape index (κ1) is 18.8. The number of hydrogen-bond donors (Lipinski definition) is 1. The highest BCUT2D eigenvalue weighted by Gasteiger charge is 2.22. The quantitative estimate of drug-likeness (QED) is 0.672. The van der Waals surface area contributed by atoms with Crippen molar-refractivity contribution in [3.63, 3.8) is 0 Å². The van der Waals surface area contributed by atoms with Gasteiger partial charge < -0.3 is 14.6 Å². The number of nitrogens with zero attached hydrogens (tertiary/aromatic N) is 1.